The van der Waals surface area contributed by atoms with Gasteiger partial charge in [0.15, 0.2) is 0 Å². The second-order valence-electron chi connectivity index (χ2n) is 2.52. The van der Waals surface area contributed by atoms with E-state index in [1.54, 1.807) is 4.44 Å². The minimum absolute atomic E-state index is 0.308. The average Bonchev–Trinajstić information content (AvgIpc) is 2.59. The molecule has 0 fully saturated rings. The first-order valence-electron chi connectivity index (χ1n) is 3.48. The third kappa shape index (κ3) is 1.84. The van der Waals surface area contributed by atoms with Gasteiger partial charge < -0.3 is 0 Å². The van der Waals surface area contributed by atoms with Crippen LogP contribution in [0, 0.1) is 0 Å². The molecule has 64 valence electrons. The van der Waals surface area contributed by atoms with Crippen molar-refractivity contribution in [3.05, 3.63) is 31.0 Å². The molecule has 0 N–H and O–H groups in total. The van der Waals surface area contributed by atoms with Crippen molar-refractivity contribution in [1.82, 2.24) is 0 Å². The van der Waals surface area contributed by atoms with Crippen LogP contribution in [0.4, 0.5) is 0 Å². The van der Waals surface area contributed by atoms with Gasteiger partial charge in [-0.1, -0.05) is 0 Å². The van der Waals surface area contributed by atoms with Gasteiger partial charge in [-0.15, -0.1) is 0 Å². The van der Waals surface area contributed by atoms with Gasteiger partial charge in [-0.25, -0.2) is 0 Å². The van der Waals surface area contributed by atoms with Gasteiger partial charge in [-0.3, -0.25) is 0 Å². The van der Waals surface area contributed by atoms with E-state index in [0.717, 1.165) is 6.42 Å². The summed E-state index contributed by atoms with van der Waals surface area (Å²) in [5, 5.41) is 0. The second-order valence-corrected chi connectivity index (χ2v) is 11.9. The van der Waals surface area contributed by atoms with Crippen LogP contribution in [0.15, 0.2) is 26.5 Å². The topological polar surface area (TPSA) is 0 Å². The summed E-state index contributed by atoms with van der Waals surface area (Å²) >= 11 is 8.59. The number of hydrogen-bond acceptors (Lipinski definition) is 0. The van der Waals surface area contributed by atoms with Gasteiger partial charge in [0.1, 0.15) is 0 Å². The zero-order chi connectivity index (χ0) is 8.60. The predicted molar refractivity (Wildman–Crippen MR) is 61.4 cm³/mol. The Labute approximate surface area is 101 Å². The van der Waals surface area contributed by atoms with E-state index in [1.165, 1.54) is 3.38 Å². The van der Waals surface area contributed by atoms with Crippen LogP contribution >= 0.6 is 31.9 Å². The average molecular weight is 420 g/mol. The summed E-state index contributed by atoms with van der Waals surface area (Å²) in [6.45, 7) is 0. The fourth-order valence-electron chi connectivity index (χ4n) is 1.09. The predicted octanol–water partition coefficient (Wildman–Crippen LogP) is 2.64. The summed E-state index contributed by atoms with van der Waals surface area (Å²) < 4.78 is 3.30. The molecule has 1 aromatic heterocycles. The van der Waals surface area contributed by atoms with Crippen LogP contribution in [0.5, 0.6) is 0 Å². The molecule has 0 saturated heterocycles. The first-order chi connectivity index (χ1) is 5.71. The van der Waals surface area contributed by atoms with Crippen LogP contribution < -0.4 is 0 Å². The molecule has 2 heterocycles. The van der Waals surface area contributed by atoms with Crippen LogP contribution in [0.2, 0.25) is 0 Å². The van der Waals surface area contributed by atoms with E-state index < -0.39 is 0 Å². The van der Waals surface area contributed by atoms with Crippen LogP contribution in [-0.2, 0) is 3.22 Å². The van der Waals surface area contributed by atoms with Gasteiger partial charge in [0.05, 0.1) is 0 Å². The number of allylic oxidation sites excluding steroid dienone is 1. The van der Waals surface area contributed by atoms with Gasteiger partial charge in [-0.05, 0) is 0 Å². The molecule has 0 bridgehead atoms. The summed E-state index contributed by atoms with van der Waals surface area (Å²) in [6, 6.07) is 4.45. The van der Waals surface area contributed by atoms with Crippen molar-refractivity contribution >= 4 is 61.3 Å². The molecule has 1 atom stereocenters. The summed E-state index contributed by atoms with van der Waals surface area (Å²) in [5.74, 6) is 0. The minimum atomic E-state index is 0.308. The zero-order valence-electron chi connectivity index (χ0n) is 6.09. The molecule has 12 heavy (non-hydrogen) atoms. The monoisotopic (exact) mass is 420 g/mol. The Balaban J connectivity index is 2.26. The Hall–Kier alpha value is 1.22. The molecule has 0 spiro atoms. The summed E-state index contributed by atoms with van der Waals surface area (Å²) in [6.07, 6.45) is 3.45. The van der Waals surface area contributed by atoms with E-state index >= 15 is 0 Å². The normalized spacial score (nSPS) is 29.0. The standard InChI is InChI=1S/C8H6Br2Se2/c9-7-3-4-8(10,12-7)6-2-1-5-11-6/h1-3,5H,4H2. The van der Waals surface area contributed by atoms with Crippen molar-refractivity contribution < 1.29 is 0 Å². The SMILES string of the molecule is BrC1=CCC(Br)(c2ccc[se]2)[Se]1. The van der Waals surface area contributed by atoms with E-state index in [2.05, 4.69) is 55.0 Å². The van der Waals surface area contributed by atoms with E-state index in [4.69, 9.17) is 0 Å². The van der Waals surface area contributed by atoms with Gasteiger partial charge >= 0.3 is 102 Å². The van der Waals surface area contributed by atoms with Crippen molar-refractivity contribution in [1.29, 1.82) is 0 Å². The third-order valence-electron chi connectivity index (χ3n) is 1.67. The quantitative estimate of drug-likeness (QED) is 0.485. The maximum absolute atomic E-state index is 3.87. The van der Waals surface area contributed by atoms with Crippen LogP contribution in [0.25, 0.3) is 0 Å². The van der Waals surface area contributed by atoms with E-state index in [0.29, 0.717) is 32.7 Å². The van der Waals surface area contributed by atoms with Crippen molar-refractivity contribution in [2.24, 2.45) is 0 Å². The Morgan fingerprint density at radius 3 is 2.83 bits per heavy atom. The molecular weight excluding hydrogens is 414 g/mol. The van der Waals surface area contributed by atoms with Crippen LogP contribution in [0.3, 0.4) is 0 Å². The zero-order valence-corrected chi connectivity index (χ0v) is 12.7. The summed E-state index contributed by atoms with van der Waals surface area (Å²) in [4.78, 5) is 2.29. The molecule has 0 aromatic carbocycles. The Kier molecular flexibility index (Phi) is 3.06. The van der Waals surface area contributed by atoms with E-state index in [1.807, 2.05) is 0 Å². The van der Waals surface area contributed by atoms with Crippen molar-refractivity contribution in [3.8, 4) is 0 Å². The molecule has 1 aliphatic heterocycles. The number of alkyl halides is 1. The fourth-order valence-corrected chi connectivity index (χ4v) is 9.69. The summed E-state index contributed by atoms with van der Waals surface area (Å²) in [7, 11) is 0. The van der Waals surface area contributed by atoms with Gasteiger partial charge in [-0.2, -0.15) is 0 Å². The van der Waals surface area contributed by atoms with E-state index in [9.17, 15) is 0 Å². The first-order valence-corrected chi connectivity index (χ1v) is 8.63. The molecule has 1 aliphatic rings. The Morgan fingerprint density at radius 2 is 2.33 bits per heavy atom. The molecule has 4 heteroatoms. The van der Waals surface area contributed by atoms with Crippen molar-refractivity contribution in [2.75, 3.05) is 0 Å². The number of rotatable bonds is 1. The Morgan fingerprint density at radius 1 is 1.50 bits per heavy atom. The molecule has 0 aliphatic carbocycles. The van der Waals surface area contributed by atoms with Crippen molar-refractivity contribution in [3.63, 3.8) is 0 Å². The van der Waals surface area contributed by atoms with Crippen LogP contribution in [0.1, 0.15) is 10.9 Å². The molecule has 0 radical (unpaired) electrons. The number of halogens is 2. The maximum atomic E-state index is 3.87. The Bertz CT molecular complexity index is 305. The van der Waals surface area contributed by atoms with Gasteiger partial charge in [0.25, 0.3) is 0 Å². The molecule has 0 nitrogen and oxygen atoms in total. The van der Waals surface area contributed by atoms with Crippen LogP contribution in [-0.4, -0.2) is 29.5 Å². The first kappa shape index (κ1) is 9.76. The second kappa shape index (κ2) is 3.76. The van der Waals surface area contributed by atoms with E-state index in [-0.39, 0.29) is 0 Å². The molecule has 2 rings (SSSR count). The molecular formula is C8H6Br2Se2. The molecule has 1 unspecified atom stereocenters. The molecule has 0 amide bonds. The summed E-state index contributed by atoms with van der Waals surface area (Å²) in [5.41, 5.74) is 0. The van der Waals surface area contributed by atoms with Gasteiger partial charge in [0.2, 0.25) is 0 Å². The molecule has 0 saturated carbocycles. The fraction of sp³-hybridized carbons (Fsp3) is 0.250. The molecule has 1 aromatic rings. The van der Waals surface area contributed by atoms with Crippen molar-refractivity contribution in [2.45, 2.75) is 9.64 Å². The van der Waals surface area contributed by atoms with Gasteiger partial charge in [0, 0.05) is 0 Å². The number of hydrogen-bond donors (Lipinski definition) is 0. The third-order valence-corrected chi connectivity index (χ3v) is 10.1.